The predicted octanol–water partition coefficient (Wildman–Crippen LogP) is 6.14. The summed E-state index contributed by atoms with van der Waals surface area (Å²) in [7, 11) is 0. The lowest BCUT2D eigenvalue weighted by atomic mass is 9.95. The maximum atomic E-state index is 14.4. The summed E-state index contributed by atoms with van der Waals surface area (Å²) in [6.45, 7) is 1.72. The van der Waals surface area contributed by atoms with Crippen molar-refractivity contribution < 1.29 is 27.1 Å². The predicted molar refractivity (Wildman–Crippen MR) is 160 cm³/mol. The van der Waals surface area contributed by atoms with Crippen molar-refractivity contribution >= 4 is 45.9 Å². The molecule has 3 heterocycles. The van der Waals surface area contributed by atoms with E-state index >= 15 is 0 Å². The number of carbonyl (C=O) groups excluding carboxylic acids is 1. The first kappa shape index (κ1) is 29.6. The molecule has 5 aromatic rings. The second kappa shape index (κ2) is 11.5. The highest BCUT2D eigenvalue weighted by Gasteiger charge is 2.45. The van der Waals surface area contributed by atoms with Crippen molar-refractivity contribution in [3.05, 3.63) is 137 Å². The van der Waals surface area contributed by atoms with Crippen molar-refractivity contribution in [2.45, 2.75) is 25.7 Å². The molecule has 0 radical (unpaired) electrons. The topological polar surface area (TPSA) is 65.6 Å². The largest absolute Gasteiger partial charge is 0.463 e. The third kappa shape index (κ3) is 5.48. The van der Waals surface area contributed by atoms with Gasteiger partial charge in [0.15, 0.2) is 10.5 Å². The van der Waals surface area contributed by atoms with Gasteiger partial charge in [-0.25, -0.2) is 14.2 Å². The molecule has 1 aliphatic heterocycles. The molecule has 0 unspecified atom stereocenters. The smallest absolute Gasteiger partial charge is 0.434 e. The molecule has 224 valence electrons. The van der Waals surface area contributed by atoms with Crippen LogP contribution >= 0.6 is 22.9 Å². The van der Waals surface area contributed by atoms with Crippen LogP contribution in [0.25, 0.3) is 17.0 Å². The van der Waals surface area contributed by atoms with Gasteiger partial charge in [-0.15, -0.1) is 0 Å². The minimum Gasteiger partial charge on any atom is -0.463 e. The van der Waals surface area contributed by atoms with E-state index in [9.17, 15) is 27.2 Å². The van der Waals surface area contributed by atoms with Gasteiger partial charge in [0, 0.05) is 34.2 Å². The van der Waals surface area contributed by atoms with E-state index in [1.54, 1.807) is 18.2 Å². The van der Waals surface area contributed by atoms with E-state index in [2.05, 4.69) is 4.99 Å². The molecule has 12 heteroatoms. The van der Waals surface area contributed by atoms with Crippen molar-refractivity contribution in [3.63, 3.8) is 0 Å². The number of ether oxygens (including phenoxy) is 1. The van der Waals surface area contributed by atoms with Gasteiger partial charge >= 0.3 is 12.1 Å². The maximum absolute atomic E-state index is 14.4. The molecule has 2 aromatic heterocycles. The van der Waals surface area contributed by atoms with Gasteiger partial charge < -0.3 is 9.30 Å². The van der Waals surface area contributed by atoms with Gasteiger partial charge in [0.1, 0.15) is 5.82 Å². The lowest BCUT2D eigenvalue weighted by molar-refractivity contribution is -0.140. The van der Waals surface area contributed by atoms with E-state index in [4.69, 9.17) is 16.3 Å². The molecule has 0 spiro atoms. The highest BCUT2D eigenvalue weighted by atomic mass is 35.5. The highest BCUT2D eigenvalue weighted by Crippen LogP contribution is 2.38. The molecule has 0 N–H and O–H groups in total. The number of aromatic nitrogens is 2. The normalized spacial score (nSPS) is 15.4. The zero-order valence-electron chi connectivity index (χ0n) is 22.9. The Hall–Kier alpha value is -4.48. The summed E-state index contributed by atoms with van der Waals surface area (Å²) < 4.78 is 64.8. The minimum atomic E-state index is -5.00. The summed E-state index contributed by atoms with van der Waals surface area (Å²) in [5.41, 5.74) is -0.233. The summed E-state index contributed by atoms with van der Waals surface area (Å²) in [4.78, 5) is 30.6. The Morgan fingerprint density at radius 3 is 2.45 bits per heavy atom. The summed E-state index contributed by atoms with van der Waals surface area (Å²) in [6.07, 6.45) is -1.57. The Balaban J connectivity index is 1.56. The van der Waals surface area contributed by atoms with E-state index in [0.29, 0.717) is 17.1 Å². The number of nitrogens with zero attached hydrogens (tertiary/aromatic N) is 3. The van der Waals surface area contributed by atoms with Crippen molar-refractivity contribution in [2.24, 2.45) is 4.99 Å². The van der Waals surface area contributed by atoms with E-state index in [1.807, 2.05) is 35.0 Å². The minimum absolute atomic E-state index is 0.124. The number of esters is 1. The number of para-hydroxylation sites is 1. The van der Waals surface area contributed by atoms with Crippen LogP contribution in [0, 0.1) is 5.82 Å². The molecule has 0 amide bonds. The fourth-order valence-electron chi connectivity index (χ4n) is 5.25. The molecule has 6 nitrogen and oxygen atoms in total. The van der Waals surface area contributed by atoms with Crippen LogP contribution in [-0.2, 0) is 16.1 Å². The Morgan fingerprint density at radius 1 is 1.07 bits per heavy atom. The quantitative estimate of drug-likeness (QED) is 0.166. The van der Waals surface area contributed by atoms with Crippen molar-refractivity contribution in [1.29, 1.82) is 0 Å². The van der Waals surface area contributed by atoms with E-state index in [1.165, 1.54) is 43.3 Å². The molecule has 44 heavy (non-hydrogen) atoms. The molecule has 6 rings (SSSR count). The van der Waals surface area contributed by atoms with Gasteiger partial charge in [-0.3, -0.25) is 9.36 Å². The Labute approximate surface area is 256 Å². The number of hydrogen-bond acceptors (Lipinski definition) is 5. The molecular formula is C32H22ClF4N3O3S. The zero-order chi connectivity index (χ0) is 31.2. The number of alkyl halides is 3. The Kier molecular flexibility index (Phi) is 7.77. The average molecular weight is 640 g/mol. The highest BCUT2D eigenvalue weighted by molar-refractivity contribution is 7.07. The second-order valence-corrected chi connectivity index (χ2v) is 11.4. The summed E-state index contributed by atoms with van der Waals surface area (Å²) >= 11 is 6.84. The summed E-state index contributed by atoms with van der Waals surface area (Å²) in [5, 5.41) is 1.13. The van der Waals surface area contributed by atoms with Gasteiger partial charge in [0.05, 0.1) is 22.8 Å². The zero-order valence-corrected chi connectivity index (χ0v) is 24.5. The first-order valence-corrected chi connectivity index (χ1v) is 14.6. The number of halogens is 5. The first-order valence-electron chi connectivity index (χ1n) is 13.4. The average Bonchev–Trinajstić information content (AvgIpc) is 3.50. The summed E-state index contributed by atoms with van der Waals surface area (Å²) in [6, 6.07) is 18.0. The molecule has 0 aliphatic carbocycles. The van der Waals surface area contributed by atoms with Gasteiger partial charge in [-0.05, 0) is 54.5 Å². The molecule has 1 aliphatic rings. The third-order valence-electron chi connectivity index (χ3n) is 7.15. The number of thiazole rings is 1. The van der Waals surface area contributed by atoms with Crippen LogP contribution in [0.15, 0.2) is 100 Å². The van der Waals surface area contributed by atoms with Gasteiger partial charge in [0.25, 0.3) is 5.56 Å². The van der Waals surface area contributed by atoms with Gasteiger partial charge in [-0.2, -0.15) is 13.2 Å². The van der Waals surface area contributed by atoms with Crippen LogP contribution in [0.2, 0.25) is 5.02 Å². The monoisotopic (exact) mass is 639 g/mol. The third-order valence-corrected chi connectivity index (χ3v) is 8.39. The van der Waals surface area contributed by atoms with Crippen LogP contribution in [-0.4, -0.2) is 27.9 Å². The van der Waals surface area contributed by atoms with Crippen LogP contribution < -0.4 is 14.9 Å². The molecule has 0 saturated heterocycles. The molecule has 1 atom stereocenters. The van der Waals surface area contributed by atoms with Crippen LogP contribution in [0.5, 0.6) is 0 Å². The van der Waals surface area contributed by atoms with Crippen LogP contribution in [0.3, 0.4) is 0 Å². The van der Waals surface area contributed by atoms with Crippen LogP contribution in [0.4, 0.5) is 17.6 Å². The lowest BCUT2D eigenvalue weighted by Crippen LogP contribution is -2.41. The SMILES string of the molecule is CCOC(=O)C1=C(C(F)(F)F)N=c2s/c(=C\c3cn(Cc4ccc(F)cc4)c4ccccc34)c(=O)n2[C@H]1c1ccc(Cl)cc1. The standard InChI is InChI=1S/C32H22ClF4N3O3S/c1-2-43-30(42)26-27(19-9-11-21(33)12-10-19)40-29(41)25(44-31(40)38-28(26)32(35,36)37)15-20-17-39(24-6-4-3-5-23(20)24)16-18-7-13-22(34)14-8-18/h3-15,17,27H,2,16H2,1H3/b25-15-/t27-/m0/s1. The fraction of sp³-hybridized carbons (Fsp3) is 0.156. The number of hydrogen-bond donors (Lipinski definition) is 0. The molecule has 0 bridgehead atoms. The summed E-state index contributed by atoms with van der Waals surface area (Å²) in [5.74, 6) is -1.57. The van der Waals surface area contributed by atoms with Gasteiger partial charge in [-0.1, -0.05) is 65.4 Å². The van der Waals surface area contributed by atoms with E-state index in [0.717, 1.165) is 32.4 Å². The number of fused-ring (bicyclic) bond motifs is 2. The van der Waals surface area contributed by atoms with Crippen LogP contribution in [0.1, 0.15) is 29.7 Å². The van der Waals surface area contributed by atoms with Gasteiger partial charge in [0.2, 0.25) is 0 Å². The molecular weight excluding hydrogens is 618 g/mol. The fourth-order valence-corrected chi connectivity index (χ4v) is 6.37. The molecule has 0 saturated carbocycles. The Morgan fingerprint density at radius 2 is 1.77 bits per heavy atom. The van der Waals surface area contributed by atoms with E-state index < -0.39 is 35.0 Å². The number of carbonyl (C=O) groups is 1. The van der Waals surface area contributed by atoms with E-state index in [-0.39, 0.29) is 27.3 Å². The molecule has 3 aromatic carbocycles. The second-order valence-electron chi connectivity index (χ2n) is 9.97. The number of allylic oxidation sites excluding steroid dienone is 1. The molecule has 0 fully saturated rings. The number of rotatable bonds is 6. The van der Waals surface area contributed by atoms with Crippen molar-refractivity contribution in [2.75, 3.05) is 6.61 Å². The van der Waals surface area contributed by atoms with Crippen molar-refractivity contribution in [3.8, 4) is 0 Å². The maximum Gasteiger partial charge on any atom is 0.434 e. The first-order chi connectivity index (χ1) is 21.0. The lowest BCUT2D eigenvalue weighted by Gasteiger charge is -2.26. The number of benzene rings is 3. The van der Waals surface area contributed by atoms with Crippen molar-refractivity contribution in [1.82, 2.24) is 9.13 Å². The Bertz CT molecular complexity index is 2110.